The Labute approximate surface area is 152 Å². The van der Waals surface area contributed by atoms with Crippen molar-refractivity contribution < 1.29 is 9.90 Å². The van der Waals surface area contributed by atoms with Gasteiger partial charge in [0.05, 0.1) is 5.60 Å². The van der Waals surface area contributed by atoms with Gasteiger partial charge in [0.2, 0.25) is 0 Å². The highest BCUT2D eigenvalue weighted by Crippen LogP contribution is 2.40. The summed E-state index contributed by atoms with van der Waals surface area (Å²) in [5, 5.41) is 10.8. The molecule has 2 N–H and O–H groups in total. The first-order valence-electron chi connectivity index (χ1n) is 8.96. The van der Waals surface area contributed by atoms with Crippen molar-refractivity contribution in [1.29, 1.82) is 0 Å². The van der Waals surface area contributed by atoms with Crippen LogP contribution in [0.4, 0.5) is 0 Å². The molecule has 1 aromatic carbocycles. The van der Waals surface area contributed by atoms with E-state index in [0.717, 1.165) is 31.4 Å². The number of amides is 1. The Balaban J connectivity index is 1.61. The fraction of sp³-hybridized carbons (Fsp3) is 0.474. The number of hydrogen-bond acceptors (Lipinski definition) is 3. The van der Waals surface area contributed by atoms with Crippen LogP contribution < -0.4 is 0 Å². The lowest BCUT2D eigenvalue weighted by molar-refractivity contribution is -0.0887. The highest BCUT2D eigenvalue weighted by molar-refractivity contribution is 7.71. The summed E-state index contributed by atoms with van der Waals surface area (Å²) in [6.07, 6.45) is 6.45. The van der Waals surface area contributed by atoms with Crippen molar-refractivity contribution >= 4 is 18.1 Å². The molecule has 1 amide bonds. The Morgan fingerprint density at radius 3 is 2.84 bits per heavy atom. The van der Waals surface area contributed by atoms with Crippen molar-refractivity contribution in [3.8, 4) is 5.69 Å². The predicted molar refractivity (Wildman–Crippen MR) is 98.4 cm³/mol. The Morgan fingerprint density at radius 1 is 1.24 bits per heavy atom. The van der Waals surface area contributed by atoms with Crippen LogP contribution in [-0.2, 0) is 0 Å². The van der Waals surface area contributed by atoms with Gasteiger partial charge in [-0.25, -0.2) is 0 Å². The number of aliphatic hydroxyl groups is 1. The fourth-order valence-electron chi connectivity index (χ4n) is 4.28. The van der Waals surface area contributed by atoms with Crippen LogP contribution in [0, 0.1) is 10.7 Å². The van der Waals surface area contributed by atoms with E-state index in [4.69, 9.17) is 12.2 Å². The SMILES string of the molecule is O=C(c1c[nH]c(=S)n1-c1ccccc1)N1CC[C@@]2(O)CCCC[C@@H]2C1. The van der Waals surface area contributed by atoms with Crippen LogP contribution in [-0.4, -0.2) is 44.2 Å². The second-order valence-electron chi connectivity index (χ2n) is 7.20. The Morgan fingerprint density at radius 2 is 2.04 bits per heavy atom. The summed E-state index contributed by atoms with van der Waals surface area (Å²) < 4.78 is 2.31. The minimum atomic E-state index is -0.578. The molecule has 0 spiro atoms. The zero-order valence-electron chi connectivity index (χ0n) is 14.1. The number of carbonyl (C=O) groups is 1. The number of fused-ring (bicyclic) bond motifs is 1. The molecule has 1 saturated heterocycles. The van der Waals surface area contributed by atoms with Crippen LogP contribution in [0.15, 0.2) is 36.5 Å². The molecular weight excluding hydrogens is 334 g/mol. The van der Waals surface area contributed by atoms with E-state index < -0.39 is 5.60 Å². The first-order chi connectivity index (χ1) is 12.1. The van der Waals surface area contributed by atoms with Crippen molar-refractivity contribution in [3.05, 3.63) is 47.0 Å². The molecule has 6 heteroatoms. The fourth-order valence-corrected chi connectivity index (χ4v) is 4.54. The van der Waals surface area contributed by atoms with Gasteiger partial charge in [-0.3, -0.25) is 9.36 Å². The smallest absolute Gasteiger partial charge is 0.272 e. The second-order valence-corrected chi connectivity index (χ2v) is 7.58. The molecule has 132 valence electrons. The largest absolute Gasteiger partial charge is 0.389 e. The third-order valence-electron chi connectivity index (χ3n) is 5.72. The molecular formula is C19H23N3O2S. The summed E-state index contributed by atoms with van der Waals surface area (Å²) in [5.74, 6) is 0.162. The lowest BCUT2D eigenvalue weighted by Gasteiger charge is -2.47. The maximum atomic E-state index is 13.1. The lowest BCUT2D eigenvalue weighted by atomic mass is 9.71. The summed E-state index contributed by atoms with van der Waals surface area (Å²) in [4.78, 5) is 18.0. The van der Waals surface area contributed by atoms with Gasteiger partial charge in [-0.15, -0.1) is 0 Å². The molecule has 0 unspecified atom stereocenters. The number of nitrogens with one attached hydrogen (secondary N) is 1. The summed E-state index contributed by atoms with van der Waals surface area (Å²) in [7, 11) is 0. The first-order valence-corrected chi connectivity index (χ1v) is 9.37. The molecule has 1 aromatic heterocycles. The van der Waals surface area contributed by atoms with Crippen molar-refractivity contribution in [3.63, 3.8) is 0 Å². The van der Waals surface area contributed by atoms with Gasteiger partial charge in [0.25, 0.3) is 5.91 Å². The third-order valence-corrected chi connectivity index (χ3v) is 6.03. The Kier molecular flexibility index (Phi) is 4.25. The maximum Gasteiger partial charge on any atom is 0.272 e. The summed E-state index contributed by atoms with van der Waals surface area (Å²) in [5.41, 5.74) is 0.854. The van der Waals surface area contributed by atoms with Crippen molar-refractivity contribution in [1.82, 2.24) is 14.5 Å². The zero-order chi connectivity index (χ0) is 17.4. The molecule has 1 aliphatic carbocycles. The van der Waals surface area contributed by atoms with Gasteiger partial charge in [-0.2, -0.15) is 0 Å². The molecule has 25 heavy (non-hydrogen) atoms. The molecule has 2 heterocycles. The Hall–Kier alpha value is -1.92. The number of H-pyrrole nitrogens is 1. The number of nitrogens with zero attached hydrogens (tertiary/aromatic N) is 2. The van der Waals surface area contributed by atoms with E-state index >= 15 is 0 Å². The molecule has 2 aromatic rings. The molecule has 1 aliphatic heterocycles. The minimum absolute atomic E-state index is 0.0242. The predicted octanol–water partition coefficient (Wildman–Crippen LogP) is 3.30. The van der Waals surface area contributed by atoms with Gasteiger partial charge >= 0.3 is 0 Å². The monoisotopic (exact) mass is 357 g/mol. The first kappa shape index (κ1) is 16.5. The lowest BCUT2D eigenvalue weighted by Crippen LogP contribution is -2.54. The average Bonchev–Trinajstić information content (AvgIpc) is 3.02. The van der Waals surface area contributed by atoms with Crippen molar-refractivity contribution in [2.24, 2.45) is 5.92 Å². The van der Waals surface area contributed by atoms with Crippen LogP contribution in [0.1, 0.15) is 42.6 Å². The molecule has 2 fully saturated rings. The number of likely N-dealkylation sites (tertiary alicyclic amines) is 1. The molecule has 4 rings (SSSR count). The van der Waals surface area contributed by atoms with Crippen LogP contribution in [0.25, 0.3) is 5.69 Å². The number of piperidine rings is 1. The summed E-state index contributed by atoms with van der Waals surface area (Å²) >= 11 is 5.38. The number of hydrogen-bond donors (Lipinski definition) is 2. The number of aromatic nitrogens is 2. The van der Waals surface area contributed by atoms with E-state index in [0.29, 0.717) is 30.0 Å². The van der Waals surface area contributed by atoms with E-state index in [2.05, 4.69) is 4.98 Å². The standard InChI is InChI=1S/C19H23N3O2S/c23-17(21-11-10-19(24)9-5-4-6-14(19)13-21)16-12-20-18(25)22(16)15-7-2-1-3-8-15/h1-3,7-8,12,14,24H,4-6,9-11,13H2,(H,20,25)/t14-,19+/m1/s1. The minimum Gasteiger partial charge on any atom is -0.389 e. The van der Waals surface area contributed by atoms with E-state index in [-0.39, 0.29) is 11.8 Å². The number of carbonyl (C=O) groups excluding carboxylic acids is 1. The zero-order valence-corrected chi connectivity index (χ0v) is 15.0. The van der Waals surface area contributed by atoms with E-state index in [1.54, 1.807) is 10.8 Å². The van der Waals surface area contributed by atoms with Crippen molar-refractivity contribution in [2.75, 3.05) is 13.1 Å². The second kappa shape index (κ2) is 6.42. The van der Waals surface area contributed by atoms with Crippen LogP contribution in [0.2, 0.25) is 0 Å². The van der Waals surface area contributed by atoms with E-state index in [1.807, 2.05) is 35.2 Å². The van der Waals surface area contributed by atoms with Gasteiger partial charge < -0.3 is 15.0 Å². The normalized spacial score (nSPS) is 26.3. The summed E-state index contributed by atoms with van der Waals surface area (Å²) in [6.45, 7) is 1.22. The highest BCUT2D eigenvalue weighted by atomic mass is 32.1. The van der Waals surface area contributed by atoms with E-state index in [9.17, 15) is 9.90 Å². The Bertz CT molecular complexity index is 829. The summed E-state index contributed by atoms with van der Waals surface area (Å²) in [6, 6.07) is 9.69. The number of rotatable bonds is 2. The van der Waals surface area contributed by atoms with E-state index in [1.165, 1.54) is 0 Å². The number of para-hydroxylation sites is 1. The molecule has 2 aliphatic rings. The van der Waals surface area contributed by atoms with Gasteiger partial charge in [0, 0.05) is 30.9 Å². The van der Waals surface area contributed by atoms with Gasteiger partial charge in [-0.1, -0.05) is 31.0 Å². The van der Waals surface area contributed by atoms with Crippen LogP contribution in [0.3, 0.4) is 0 Å². The molecule has 5 nitrogen and oxygen atoms in total. The number of imidazole rings is 1. The van der Waals surface area contributed by atoms with Crippen LogP contribution in [0.5, 0.6) is 0 Å². The molecule has 0 bridgehead atoms. The quantitative estimate of drug-likeness (QED) is 0.811. The third kappa shape index (κ3) is 2.93. The molecule has 0 radical (unpaired) electrons. The number of aromatic amines is 1. The maximum absolute atomic E-state index is 13.1. The topological polar surface area (TPSA) is 61.3 Å². The van der Waals surface area contributed by atoms with Crippen LogP contribution >= 0.6 is 12.2 Å². The van der Waals surface area contributed by atoms with Gasteiger partial charge in [-0.05, 0) is 43.6 Å². The van der Waals surface area contributed by atoms with Gasteiger partial charge in [0.15, 0.2) is 4.77 Å². The number of benzene rings is 1. The average molecular weight is 357 g/mol. The molecule has 2 atom stereocenters. The van der Waals surface area contributed by atoms with Gasteiger partial charge in [0.1, 0.15) is 5.69 Å². The highest BCUT2D eigenvalue weighted by Gasteiger charge is 2.44. The molecule has 1 saturated carbocycles. The van der Waals surface area contributed by atoms with Crippen molar-refractivity contribution in [2.45, 2.75) is 37.7 Å².